The van der Waals surface area contributed by atoms with E-state index in [4.69, 9.17) is 14.7 Å². The van der Waals surface area contributed by atoms with Gasteiger partial charge in [-0.15, -0.1) is 0 Å². The number of hydrogen-bond acceptors (Lipinski definition) is 5. The lowest BCUT2D eigenvalue weighted by Crippen LogP contribution is -3.05. The van der Waals surface area contributed by atoms with Gasteiger partial charge in [-0.2, -0.15) is 5.26 Å². The maximum absolute atomic E-state index is 10.7. The molecule has 0 amide bonds. The molecule has 0 aliphatic carbocycles. The molecule has 0 saturated heterocycles. The van der Waals surface area contributed by atoms with E-state index in [0.717, 1.165) is 13.0 Å². The third-order valence-electron chi connectivity index (χ3n) is 2.92. The molecule has 0 atom stereocenters. The summed E-state index contributed by atoms with van der Waals surface area (Å²) in [6.07, 6.45) is 2.15. The molecule has 0 unspecified atom stereocenters. The molecule has 0 fully saturated rings. The van der Waals surface area contributed by atoms with Gasteiger partial charge >= 0.3 is 0 Å². The summed E-state index contributed by atoms with van der Waals surface area (Å²) in [4.78, 5) is 12.1. The van der Waals surface area contributed by atoms with E-state index >= 15 is 0 Å². The number of ether oxygens (including phenoxy) is 2. The second-order valence-electron chi connectivity index (χ2n) is 5.03. The fraction of sp³-hybridized carbons (Fsp3) is 0.375. The van der Waals surface area contributed by atoms with E-state index in [-0.39, 0.29) is 0 Å². The highest BCUT2D eigenvalue weighted by molar-refractivity contribution is 5.95. The molecule has 0 heterocycles. The smallest absolute Gasteiger partial charge is 0.161 e. The summed E-state index contributed by atoms with van der Waals surface area (Å²) in [6, 6.07) is 6.55. The van der Waals surface area contributed by atoms with Crippen LogP contribution in [0.15, 0.2) is 23.8 Å². The van der Waals surface area contributed by atoms with Gasteiger partial charge in [0.1, 0.15) is 6.07 Å². The average Bonchev–Trinajstić information content (AvgIpc) is 2.49. The largest absolute Gasteiger partial charge is 0.544 e. The molecule has 1 aromatic rings. The highest BCUT2D eigenvalue weighted by atomic mass is 16.5. The Bertz CT molecular complexity index is 588. The number of aliphatic carboxylic acids is 1. The van der Waals surface area contributed by atoms with Gasteiger partial charge in [-0.05, 0) is 23.8 Å². The second-order valence-corrected chi connectivity index (χ2v) is 5.03. The lowest BCUT2D eigenvalue weighted by atomic mass is 10.1. The molecule has 0 bridgehead atoms. The predicted octanol–water partition coefficient (Wildman–Crippen LogP) is -0.735. The Morgan fingerprint density at radius 3 is 2.68 bits per heavy atom. The second kappa shape index (κ2) is 8.70. The van der Waals surface area contributed by atoms with Gasteiger partial charge in [-0.1, -0.05) is 6.07 Å². The van der Waals surface area contributed by atoms with Gasteiger partial charge in [0.25, 0.3) is 0 Å². The van der Waals surface area contributed by atoms with Crippen LogP contribution in [0, 0.1) is 11.3 Å². The van der Waals surface area contributed by atoms with Gasteiger partial charge in [0.05, 0.1) is 45.9 Å². The Balaban J connectivity index is 2.83. The first-order chi connectivity index (χ1) is 10.5. The Kier molecular flexibility index (Phi) is 6.93. The number of carboxylic acid groups (broad SMARTS) is 1. The van der Waals surface area contributed by atoms with Crippen molar-refractivity contribution in [2.75, 3.05) is 34.4 Å². The van der Waals surface area contributed by atoms with Crippen molar-refractivity contribution in [2.45, 2.75) is 6.42 Å². The van der Waals surface area contributed by atoms with Crippen LogP contribution in [0.25, 0.3) is 6.08 Å². The van der Waals surface area contributed by atoms with E-state index < -0.39 is 11.5 Å². The number of hydrogen-bond donors (Lipinski definition) is 1. The van der Waals surface area contributed by atoms with Crippen LogP contribution in [0.2, 0.25) is 0 Å². The van der Waals surface area contributed by atoms with Crippen LogP contribution < -0.4 is 19.5 Å². The quantitative estimate of drug-likeness (QED) is 0.388. The molecule has 0 spiro atoms. The van der Waals surface area contributed by atoms with Crippen molar-refractivity contribution < 1.29 is 24.3 Å². The minimum Gasteiger partial charge on any atom is -0.544 e. The van der Waals surface area contributed by atoms with Gasteiger partial charge < -0.3 is 24.3 Å². The van der Waals surface area contributed by atoms with Crippen molar-refractivity contribution in [3.05, 3.63) is 29.3 Å². The van der Waals surface area contributed by atoms with E-state index in [2.05, 4.69) is 14.1 Å². The van der Waals surface area contributed by atoms with Gasteiger partial charge in [0, 0.05) is 6.42 Å². The number of carbonyl (C=O) groups excluding carboxylic acids is 1. The zero-order chi connectivity index (χ0) is 16.5. The summed E-state index contributed by atoms with van der Waals surface area (Å²) < 4.78 is 10.9. The monoisotopic (exact) mass is 304 g/mol. The lowest BCUT2D eigenvalue weighted by molar-refractivity contribution is -0.858. The summed E-state index contributed by atoms with van der Waals surface area (Å²) in [5, 5.41) is 19.5. The topological polar surface area (TPSA) is 86.8 Å². The van der Waals surface area contributed by atoms with Crippen LogP contribution in [0.5, 0.6) is 11.5 Å². The molecule has 0 aliphatic rings. The molecule has 6 heteroatoms. The third-order valence-corrected chi connectivity index (χ3v) is 2.92. The normalized spacial score (nSPS) is 11.1. The number of rotatable bonds is 8. The summed E-state index contributed by atoms with van der Waals surface area (Å²) in [5.41, 5.74) is 0.0902. The number of quaternary nitrogens is 1. The van der Waals surface area contributed by atoms with Crippen molar-refractivity contribution in [1.29, 1.82) is 5.26 Å². The minimum atomic E-state index is -1.51. The number of benzene rings is 1. The minimum absolute atomic E-state index is 0.440. The van der Waals surface area contributed by atoms with E-state index in [1.807, 2.05) is 0 Å². The first-order valence-electron chi connectivity index (χ1n) is 6.91. The lowest BCUT2D eigenvalue weighted by Gasteiger charge is -2.12. The van der Waals surface area contributed by atoms with Gasteiger partial charge in [0.15, 0.2) is 11.5 Å². The molecule has 1 rings (SSSR count). The van der Waals surface area contributed by atoms with Crippen LogP contribution in [-0.4, -0.2) is 40.3 Å². The predicted molar refractivity (Wildman–Crippen MR) is 79.4 cm³/mol. The molecule has 1 aromatic carbocycles. The van der Waals surface area contributed by atoms with Crippen LogP contribution >= 0.6 is 0 Å². The maximum Gasteiger partial charge on any atom is 0.161 e. The van der Waals surface area contributed by atoms with E-state index in [1.165, 1.54) is 18.1 Å². The first-order valence-corrected chi connectivity index (χ1v) is 6.91. The number of nitriles is 1. The first kappa shape index (κ1) is 17.5. The van der Waals surface area contributed by atoms with Gasteiger partial charge in [-0.25, -0.2) is 0 Å². The van der Waals surface area contributed by atoms with Gasteiger partial charge in [-0.3, -0.25) is 0 Å². The summed E-state index contributed by atoms with van der Waals surface area (Å²) in [6.45, 7) is 1.57. The summed E-state index contributed by atoms with van der Waals surface area (Å²) in [5.74, 6) is -0.435. The summed E-state index contributed by atoms with van der Waals surface area (Å²) in [7, 11) is 5.65. The number of nitrogens with one attached hydrogen (secondary N) is 1. The zero-order valence-corrected chi connectivity index (χ0v) is 13.0. The molecular weight excluding hydrogens is 284 g/mol. The van der Waals surface area contributed by atoms with Crippen molar-refractivity contribution in [3.63, 3.8) is 0 Å². The van der Waals surface area contributed by atoms with E-state index in [9.17, 15) is 9.90 Å². The number of carboxylic acids is 1. The van der Waals surface area contributed by atoms with E-state index in [0.29, 0.717) is 23.7 Å². The number of carbonyl (C=O) groups is 1. The van der Waals surface area contributed by atoms with Gasteiger partial charge in [0.2, 0.25) is 0 Å². The van der Waals surface area contributed by atoms with Crippen molar-refractivity contribution in [2.24, 2.45) is 0 Å². The SMILES string of the molecule is COc1cc(/C=C(\C#N)C(=O)[O-])ccc1OCCC[NH+](C)C. The molecule has 118 valence electrons. The highest BCUT2D eigenvalue weighted by Gasteiger charge is 2.06. The molecule has 6 nitrogen and oxygen atoms in total. The Hall–Kier alpha value is -2.52. The Morgan fingerprint density at radius 1 is 1.41 bits per heavy atom. The molecule has 22 heavy (non-hydrogen) atoms. The standard InChI is InChI=1S/C16H20N2O4/c1-18(2)7-4-8-22-14-6-5-12(10-15(14)21-3)9-13(11-17)16(19)20/h5-6,9-10H,4,7-8H2,1-3H3,(H,19,20)/b13-9+. The Morgan fingerprint density at radius 2 is 2.14 bits per heavy atom. The van der Waals surface area contributed by atoms with Crippen LogP contribution in [0.3, 0.4) is 0 Å². The Labute approximate surface area is 130 Å². The fourth-order valence-corrected chi connectivity index (χ4v) is 1.80. The zero-order valence-electron chi connectivity index (χ0n) is 13.0. The molecule has 0 aliphatic heterocycles. The molecule has 0 aromatic heterocycles. The molecule has 0 radical (unpaired) electrons. The van der Waals surface area contributed by atoms with E-state index in [1.54, 1.807) is 24.3 Å². The fourth-order valence-electron chi connectivity index (χ4n) is 1.80. The summed E-state index contributed by atoms with van der Waals surface area (Å²) >= 11 is 0. The average molecular weight is 304 g/mol. The van der Waals surface area contributed by atoms with Crippen molar-refractivity contribution >= 4 is 12.0 Å². The molecule has 1 N–H and O–H groups in total. The maximum atomic E-state index is 10.7. The van der Waals surface area contributed by atoms with Crippen molar-refractivity contribution in [3.8, 4) is 17.6 Å². The highest BCUT2D eigenvalue weighted by Crippen LogP contribution is 2.29. The molecular formula is C16H20N2O4. The van der Waals surface area contributed by atoms with Crippen LogP contribution in [-0.2, 0) is 4.79 Å². The van der Waals surface area contributed by atoms with Crippen LogP contribution in [0.4, 0.5) is 0 Å². The molecule has 0 saturated carbocycles. The number of nitrogens with zero attached hydrogens (tertiary/aromatic N) is 1. The van der Waals surface area contributed by atoms with Crippen molar-refractivity contribution in [1.82, 2.24) is 0 Å². The third kappa shape index (κ3) is 5.46. The number of methoxy groups -OCH3 is 1. The van der Waals surface area contributed by atoms with Crippen LogP contribution in [0.1, 0.15) is 12.0 Å².